The second-order valence-corrected chi connectivity index (χ2v) is 6.38. The van der Waals surface area contributed by atoms with Gasteiger partial charge in [0, 0.05) is 24.8 Å². The van der Waals surface area contributed by atoms with Gasteiger partial charge in [0.25, 0.3) is 10.1 Å². The summed E-state index contributed by atoms with van der Waals surface area (Å²) in [5.41, 5.74) is -0.477. The average molecular weight is 265 g/mol. The molecule has 0 saturated carbocycles. The molecule has 0 aromatic heterocycles. The number of carbonyl (C=O) groups is 2. The molecular weight excluding hydrogens is 246 g/mol. The average Bonchev–Trinajstić information content (AvgIpc) is 2.10. The maximum atomic E-state index is 11.5. The van der Waals surface area contributed by atoms with Crippen molar-refractivity contribution in [3.63, 3.8) is 0 Å². The quantitative estimate of drug-likeness (QED) is 0.676. The molecule has 2 N–H and O–H groups in total. The first kappa shape index (κ1) is 16.1. The van der Waals surface area contributed by atoms with Crippen molar-refractivity contribution < 1.29 is 22.6 Å². The number of hydrogen-bond acceptors (Lipinski definition) is 4. The van der Waals surface area contributed by atoms with Gasteiger partial charge in [-0.05, 0) is 0 Å². The monoisotopic (exact) mass is 265 g/mol. The van der Waals surface area contributed by atoms with Crippen molar-refractivity contribution >= 4 is 21.8 Å². The molecule has 0 aliphatic heterocycles. The highest BCUT2D eigenvalue weighted by molar-refractivity contribution is 7.85. The summed E-state index contributed by atoms with van der Waals surface area (Å²) in [6.45, 7) is 5.16. The maximum Gasteiger partial charge on any atom is 0.266 e. The van der Waals surface area contributed by atoms with E-state index in [4.69, 9.17) is 4.55 Å². The summed E-state index contributed by atoms with van der Waals surface area (Å²) < 4.78 is 29.1. The largest absolute Gasteiger partial charge is 0.355 e. The topological polar surface area (TPSA) is 101 Å². The number of amides is 1. The van der Waals surface area contributed by atoms with Gasteiger partial charge in [0.05, 0.1) is 5.75 Å². The van der Waals surface area contributed by atoms with Crippen molar-refractivity contribution in [3.8, 4) is 0 Å². The summed E-state index contributed by atoms with van der Waals surface area (Å²) in [4.78, 5) is 22.7. The molecule has 0 aromatic rings. The number of hydrogen-bond donors (Lipinski definition) is 2. The minimum Gasteiger partial charge on any atom is -0.355 e. The molecule has 0 fully saturated rings. The Morgan fingerprint density at radius 2 is 1.71 bits per heavy atom. The molecule has 17 heavy (non-hydrogen) atoms. The molecule has 100 valence electrons. The molecule has 0 aromatic carbocycles. The minimum absolute atomic E-state index is 0.0255. The predicted octanol–water partition coefficient (Wildman–Crippen LogP) is 0.386. The second-order valence-electron chi connectivity index (χ2n) is 4.81. The van der Waals surface area contributed by atoms with Gasteiger partial charge in [0.15, 0.2) is 0 Å². The highest BCUT2D eigenvalue weighted by Crippen LogP contribution is 2.17. The van der Waals surface area contributed by atoms with E-state index in [9.17, 15) is 18.0 Å². The lowest BCUT2D eigenvalue weighted by atomic mass is 9.88. The van der Waals surface area contributed by atoms with Crippen molar-refractivity contribution in [1.82, 2.24) is 5.32 Å². The summed E-state index contributed by atoms with van der Waals surface area (Å²) in [7, 11) is -4.06. The molecule has 0 atom stereocenters. The Balaban J connectivity index is 3.86. The Kier molecular flexibility index (Phi) is 5.77. The summed E-state index contributed by atoms with van der Waals surface area (Å²) in [6.07, 6.45) is 0.156. The zero-order valence-corrected chi connectivity index (χ0v) is 11.1. The van der Waals surface area contributed by atoms with E-state index in [0.29, 0.717) is 0 Å². The predicted molar refractivity (Wildman–Crippen MR) is 63.1 cm³/mol. The van der Waals surface area contributed by atoms with Gasteiger partial charge in [-0.1, -0.05) is 20.8 Å². The minimum atomic E-state index is -4.06. The Morgan fingerprint density at radius 1 is 1.18 bits per heavy atom. The lowest BCUT2D eigenvalue weighted by molar-refractivity contribution is -0.129. The van der Waals surface area contributed by atoms with Gasteiger partial charge in [-0.3, -0.25) is 14.1 Å². The van der Waals surface area contributed by atoms with Crippen LogP contribution in [0.4, 0.5) is 0 Å². The first-order valence-corrected chi connectivity index (χ1v) is 6.88. The van der Waals surface area contributed by atoms with Crippen LogP contribution >= 0.6 is 0 Å². The molecule has 7 heteroatoms. The number of Topliss-reactive ketones (excluding diaryl/α,β-unsaturated/α-hetero) is 1. The molecule has 0 radical (unpaired) electrons. The van der Waals surface area contributed by atoms with E-state index < -0.39 is 27.2 Å². The van der Waals surface area contributed by atoms with Gasteiger partial charge in [-0.15, -0.1) is 0 Å². The van der Waals surface area contributed by atoms with E-state index in [-0.39, 0.29) is 25.2 Å². The summed E-state index contributed by atoms with van der Waals surface area (Å²) in [5.74, 6) is -0.944. The zero-order chi connectivity index (χ0) is 13.7. The molecule has 0 saturated heterocycles. The molecule has 0 rings (SSSR count). The van der Waals surface area contributed by atoms with Crippen LogP contribution in [0.5, 0.6) is 0 Å². The Hall–Kier alpha value is -0.950. The van der Waals surface area contributed by atoms with Crippen LogP contribution in [0.25, 0.3) is 0 Å². The number of nitrogens with one attached hydrogen (secondary N) is 1. The fourth-order valence-electron chi connectivity index (χ4n) is 1.01. The van der Waals surface area contributed by atoms with Gasteiger partial charge in [-0.2, -0.15) is 8.42 Å². The van der Waals surface area contributed by atoms with Crippen LogP contribution in [-0.2, 0) is 19.7 Å². The molecular formula is C10H19NO5S. The number of rotatable bonds is 6. The third-order valence-corrected chi connectivity index (χ3v) is 2.82. The van der Waals surface area contributed by atoms with E-state index in [2.05, 4.69) is 5.32 Å². The lowest BCUT2D eigenvalue weighted by Crippen LogP contribution is -2.30. The van der Waals surface area contributed by atoms with Crippen molar-refractivity contribution in [3.05, 3.63) is 0 Å². The smallest absolute Gasteiger partial charge is 0.266 e. The fraction of sp³-hybridized carbons (Fsp3) is 0.800. The highest BCUT2D eigenvalue weighted by atomic mass is 32.2. The van der Waals surface area contributed by atoms with Crippen LogP contribution in [0.1, 0.15) is 33.6 Å². The lowest BCUT2D eigenvalue weighted by Gasteiger charge is -2.15. The Labute approximate surface area is 102 Å². The van der Waals surface area contributed by atoms with Crippen molar-refractivity contribution in [2.24, 2.45) is 5.41 Å². The van der Waals surface area contributed by atoms with Crippen LogP contribution in [-0.4, -0.2) is 37.0 Å². The van der Waals surface area contributed by atoms with Crippen molar-refractivity contribution in [2.75, 3.05) is 12.3 Å². The number of ketones is 1. The van der Waals surface area contributed by atoms with Gasteiger partial charge in [0.2, 0.25) is 5.91 Å². The second kappa shape index (κ2) is 6.11. The van der Waals surface area contributed by atoms with E-state index in [1.54, 1.807) is 20.8 Å². The first-order valence-electron chi connectivity index (χ1n) is 5.27. The fourth-order valence-corrected chi connectivity index (χ4v) is 1.37. The Morgan fingerprint density at radius 3 is 2.12 bits per heavy atom. The Bertz CT molecular complexity index is 380. The van der Waals surface area contributed by atoms with Crippen molar-refractivity contribution in [2.45, 2.75) is 33.6 Å². The molecule has 0 aliphatic rings. The summed E-state index contributed by atoms with van der Waals surface area (Å²) in [5, 5.41) is 2.32. The molecule has 0 bridgehead atoms. The van der Waals surface area contributed by atoms with E-state index in [1.165, 1.54) is 0 Å². The van der Waals surface area contributed by atoms with Crippen LogP contribution in [0.3, 0.4) is 0 Å². The summed E-state index contributed by atoms with van der Waals surface area (Å²) in [6, 6.07) is 0. The molecule has 0 heterocycles. The molecule has 1 amide bonds. The molecule has 0 aliphatic carbocycles. The third-order valence-electron chi connectivity index (χ3n) is 2.10. The molecule has 0 unspecified atom stereocenters. The molecule has 6 nitrogen and oxygen atoms in total. The summed E-state index contributed by atoms with van der Waals surface area (Å²) >= 11 is 0. The SMILES string of the molecule is CC(C)(C)C(=O)CCC(=O)NCCS(=O)(=O)O. The van der Waals surface area contributed by atoms with Crippen LogP contribution in [0, 0.1) is 5.41 Å². The first-order chi connectivity index (χ1) is 7.52. The standard InChI is InChI=1S/C10H19NO5S/c1-10(2,3)8(12)4-5-9(13)11-6-7-17(14,15)16/h4-7H2,1-3H3,(H,11,13)(H,14,15,16). The van der Waals surface area contributed by atoms with Gasteiger partial charge < -0.3 is 5.32 Å². The van der Waals surface area contributed by atoms with E-state index in [0.717, 1.165) is 0 Å². The van der Waals surface area contributed by atoms with Crippen LogP contribution in [0.2, 0.25) is 0 Å². The third kappa shape index (κ3) is 8.82. The maximum absolute atomic E-state index is 11.5. The van der Waals surface area contributed by atoms with Gasteiger partial charge in [-0.25, -0.2) is 0 Å². The normalized spacial score (nSPS) is 12.2. The van der Waals surface area contributed by atoms with Crippen LogP contribution in [0.15, 0.2) is 0 Å². The number of carbonyl (C=O) groups excluding carboxylic acids is 2. The van der Waals surface area contributed by atoms with E-state index >= 15 is 0 Å². The van der Waals surface area contributed by atoms with Gasteiger partial charge in [0.1, 0.15) is 5.78 Å². The van der Waals surface area contributed by atoms with E-state index in [1.807, 2.05) is 0 Å². The van der Waals surface area contributed by atoms with Crippen LogP contribution < -0.4 is 5.32 Å². The van der Waals surface area contributed by atoms with Gasteiger partial charge >= 0.3 is 0 Å². The molecule has 0 spiro atoms. The highest BCUT2D eigenvalue weighted by Gasteiger charge is 2.21. The zero-order valence-electron chi connectivity index (χ0n) is 10.3. The van der Waals surface area contributed by atoms with Crippen molar-refractivity contribution in [1.29, 1.82) is 0 Å².